The summed E-state index contributed by atoms with van der Waals surface area (Å²) in [6.45, 7) is 2.30. The Morgan fingerprint density at radius 1 is 1.39 bits per heavy atom. The van der Waals surface area contributed by atoms with Gasteiger partial charge >= 0.3 is 0 Å². The lowest BCUT2D eigenvalue weighted by molar-refractivity contribution is 0.410. The van der Waals surface area contributed by atoms with Crippen LogP contribution in [-0.2, 0) is 12.8 Å². The predicted octanol–water partition coefficient (Wildman–Crippen LogP) is 4.41. The van der Waals surface area contributed by atoms with Gasteiger partial charge in [-0.15, -0.1) is 11.3 Å². The van der Waals surface area contributed by atoms with Crippen LogP contribution in [0.25, 0.3) is 0 Å². The third kappa shape index (κ3) is 2.68. The van der Waals surface area contributed by atoms with Gasteiger partial charge in [0.2, 0.25) is 0 Å². The minimum absolute atomic E-state index is 0.551. The second-order valence-electron chi connectivity index (χ2n) is 5.15. The van der Waals surface area contributed by atoms with Crippen molar-refractivity contribution in [3.63, 3.8) is 0 Å². The highest BCUT2D eigenvalue weighted by Gasteiger charge is 2.22. The topological polar surface area (TPSA) is 12.0 Å². The van der Waals surface area contributed by atoms with Gasteiger partial charge in [-0.05, 0) is 72.0 Å². The highest BCUT2D eigenvalue weighted by atomic mass is 32.1. The van der Waals surface area contributed by atoms with Gasteiger partial charge in [0.05, 0.1) is 0 Å². The summed E-state index contributed by atoms with van der Waals surface area (Å²) in [5, 5.41) is 10.5. The molecule has 0 saturated carbocycles. The molecular weight excluding hydrogens is 258 g/mol. The highest BCUT2D eigenvalue weighted by Crippen LogP contribution is 2.33. The van der Waals surface area contributed by atoms with Gasteiger partial charge in [0.25, 0.3) is 0 Å². The summed E-state index contributed by atoms with van der Waals surface area (Å²) >= 11 is 3.71. The molecule has 1 nitrogen and oxygen atoms in total. The minimum Gasteiger partial charge on any atom is -0.307 e. The van der Waals surface area contributed by atoms with Crippen molar-refractivity contribution in [1.29, 1.82) is 0 Å². The van der Waals surface area contributed by atoms with Crippen molar-refractivity contribution in [1.82, 2.24) is 5.32 Å². The fraction of sp³-hybridized carbons (Fsp3) is 0.467. The van der Waals surface area contributed by atoms with E-state index in [2.05, 4.69) is 40.5 Å². The summed E-state index contributed by atoms with van der Waals surface area (Å²) < 4.78 is 0. The van der Waals surface area contributed by atoms with Crippen LogP contribution < -0.4 is 5.32 Å². The van der Waals surface area contributed by atoms with Crippen molar-refractivity contribution in [3.8, 4) is 0 Å². The standard InChI is InChI=1S/C15H19NS2/c1-11(9-12-5-7-17-10-12)16-14-3-2-4-15-13(14)6-8-18-15/h5-8,10-11,14,16H,2-4,9H2,1H3. The monoisotopic (exact) mass is 277 g/mol. The molecule has 18 heavy (non-hydrogen) atoms. The van der Waals surface area contributed by atoms with Crippen molar-refractivity contribution in [2.24, 2.45) is 0 Å². The zero-order valence-electron chi connectivity index (χ0n) is 10.7. The van der Waals surface area contributed by atoms with Crippen molar-refractivity contribution in [2.75, 3.05) is 0 Å². The SMILES string of the molecule is CC(Cc1ccsc1)NC1CCCc2sccc21. The molecule has 0 bridgehead atoms. The molecule has 1 aliphatic rings. The Bertz CT molecular complexity index is 486. The Hall–Kier alpha value is -0.640. The first-order valence-corrected chi connectivity index (χ1v) is 8.48. The smallest absolute Gasteiger partial charge is 0.0333 e. The minimum atomic E-state index is 0.551. The van der Waals surface area contributed by atoms with Crippen LogP contribution in [0.3, 0.4) is 0 Å². The van der Waals surface area contributed by atoms with E-state index in [-0.39, 0.29) is 0 Å². The number of rotatable bonds is 4. The van der Waals surface area contributed by atoms with Crippen molar-refractivity contribution in [3.05, 3.63) is 44.3 Å². The van der Waals surface area contributed by atoms with Crippen molar-refractivity contribution < 1.29 is 0 Å². The Kier molecular flexibility index (Phi) is 3.83. The molecule has 0 aliphatic heterocycles. The summed E-state index contributed by atoms with van der Waals surface area (Å²) in [4.78, 5) is 1.60. The number of hydrogen-bond donors (Lipinski definition) is 1. The van der Waals surface area contributed by atoms with Gasteiger partial charge in [-0.1, -0.05) is 0 Å². The third-order valence-electron chi connectivity index (χ3n) is 3.66. The summed E-state index contributed by atoms with van der Waals surface area (Å²) in [7, 11) is 0. The molecule has 2 aromatic rings. The molecule has 0 fully saturated rings. The van der Waals surface area contributed by atoms with Crippen molar-refractivity contribution in [2.45, 2.75) is 44.7 Å². The van der Waals surface area contributed by atoms with Gasteiger partial charge < -0.3 is 5.32 Å². The van der Waals surface area contributed by atoms with E-state index in [1.807, 2.05) is 11.3 Å². The highest BCUT2D eigenvalue weighted by molar-refractivity contribution is 7.10. The van der Waals surface area contributed by atoms with Crippen LogP contribution in [0.2, 0.25) is 0 Å². The van der Waals surface area contributed by atoms with Crippen molar-refractivity contribution >= 4 is 22.7 Å². The summed E-state index contributed by atoms with van der Waals surface area (Å²) in [6, 6.07) is 5.68. The largest absolute Gasteiger partial charge is 0.307 e. The maximum absolute atomic E-state index is 3.81. The van der Waals surface area contributed by atoms with Crippen LogP contribution in [0.1, 0.15) is 41.8 Å². The maximum atomic E-state index is 3.81. The van der Waals surface area contributed by atoms with Crippen LogP contribution in [-0.4, -0.2) is 6.04 Å². The molecule has 96 valence electrons. The lowest BCUT2D eigenvalue weighted by atomic mass is 9.93. The van der Waals surface area contributed by atoms with E-state index in [4.69, 9.17) is 0 Å². The quantitative estimate of drug-likeness (QED) is 0.873. The molecule has 0 amide bonds. The van der Waals surface area contributed by atoms with Gasteiger partial charge in [0.1, 0.15) is 0 Å². The molecule has 2 heterocycles. The second-order valence-corrected chi connectivity index (χ2v) is 6.93. The van der Waals surface area contributed by atoms with E-state index < -0.39 is 0 Å². The molecule has 0 saturated heterocycles. The first kappa shape index (κ1) is 12.4. The van der Waals surface area contributed by atoms with Crippen LogP contribution >= 0.6 is 22.7 Å². The number of nitrogens with one attached hydrogen (secondary N) is 1. The summed E-state index contributed by atoms with van der Waals surface area (Å²) in [5.41, 5.74) is 3.02. The van der Waals surface area contributed by atoms with E-state index in [1.165, 1.54) is 24.8 Å². The zero-order chi connectivity index (χ0) is 12.4. The number of aryl methyl sites for hydroxylation is 1. The second kappa shape index (κ2) is 5.55. The molecule has 0 spiro atoms. The van der Waals surface area contributed by atoms with E-state index in [0.717, 1.165) is 6.42 Å². The predicted molar refractivity (Wildman–Crippen MR) is 80.6 cm³/mol. The average molecular weight is 277 g/mol. The molecule has 2 aromatic heterocycles. The molecule has 0 radical (unpaired) electrons. The Labute approximate surface area is 117 Å². The van der Waals surface area contributed by atoms with Gasteiger partial charge in [-0.25, -0.2) is 0 Å². The molecule has 2 atom stereocenters. The molecular formula is C15H19NS2. The average Bonchev–Trinajstić information content (AvgIpc) is 2.99. The molecule has 0 aromatic carbocycles. The lowest BCUT2D eigenvalue weighted by Gasteiger charge is -2.27. The van der Waals surface area contributed by atoms with Gasteiger partial charge in [0.15, 0.2) is 0 Å². The summed E-state index contributed by atoms with van der Waals surface area (Å²) in [5.74, 6) is 0. The van der Waals surface area contributed by atoms with Gasteiger partial charge in [-0.2, -0.15) is 11.3 Å². The molecule has 3 heteroatoms. The van der Waals surface area contributed by atoms with E-state index in [1.54, 1.807) is 21.8 Å². The zero-order valence-corrected chi connectivity index (χ0v) is 12.3. The normalized spacial score (nSPS) is 20.6. The molecule has 1 N–H and O–H groups in total. The Balaban J connectivity index is 1.64. The summed E-state index contributed by atoms with van der Waals surface area (Å²) in [6.07, 6.45) is 5.04. The first-order chi connectivity index (χ1) is 8.83. The Morgan fingerprint density at radius 3 is 3.17 bits per heavy atom. The van der Waals surface area contributed by atoms with E-state index >= 15 is 0 Å². The lowest BCUT2D eigenvalue weighted by Crippen LogP contribution is -2.33. The van der Waals surface area contributed by atoms with Crippen LogP contribution in [0.5, 0.6) is 0 Å². The fourth-order valence-corrected chi connectivity index (χ4v) is 4.49. The van der Waals surface area contributed by atoms with Crippen LogP contribution in [0, 0.1) is 0 Å². The molecule has 1 aliphatic carbocycles. The number of thiophene rings is 2. The maximum Gasteiger partial charge on any atom is 0.0333 e. The third-order valence-corrected chi connectivity index (χ3v) is 5.39. The Morgan fingerprint density at radius 2 is 2.33 bits per heavy atom. The number of hydrogen-bond acceptors (Lipinski definition) is 3. The van der Waals surface area contributed by atoms with Crippen LogP contribution in [0.15, 0.2) is 28.3 Å². The molecule has 3 rings (SSSR count). The van der Waals surface area contributed by atoms with E-state index in [9.17, 15) is 0 Å². The number of fused-ring (bicyclic) bond motifs is 1. The first-order valence-electron chi connectivity index (χ1n) is 6.66. The van der Waals surface area contributed by atoms with Gasteiger partial charge in [0, 0.05) is 17.0 Å². The van der Waals surface area contributed by atoms with Crippen LogP contribution in [0.4, 0.5) is 0 Å². The molecule has 2 unspecified atom stereocenters. The van der Waals surface area contributed by atoms with Gasteiger partial charge in [-0.3, -0.25) is 0 Å². The van der Waals surface area contributed by atoms with E-state index in [0.29, 0.717) is 12.1 Å². The fourth-order valence-electron chi connectivity index (χ4n) is 2.82.